The van der Waals surface area contributed by atoms with Gasteiger partial charge in [0.15, 0.2) is 5.76 Å². The highest BCUT2D eigenvalue weighted by Crippen LogP contribution is 2.24. The van der Waals surface area contributed by atoms with Crippen LogP contribution in [0.2, 0.25) is 0 Å². The molecule has 0 bridgehead atoms. The number of carbonyl (C=O) groups is 1. The molecule has 1 amide bonds. The second-order valence-electron chi connectivity index (χ2n) is 4.48. The van der Waals surface area contributed by atoms with Gasteiger partial charge in [0.05, 0.1) is 5.01 Å². The lowest BCUT2D eigenvalue weighted by Crippen LogP contribution is -2.25. The van der Waals surface area contributed by atoms with Crippen LogP contribution in [0.5, 0.6) is 0 Å². The first kappa shape index (κ1) is 12.9. The van der Waals surface area contributed by atoms with Crippen molar-refractivity contribution in [3.63, 3.8) is 0 Å². The molecule has 4 nitrogen and oxygen atoms in total. The lowest BCUT2D eigenvalue weighted by molar-refractivity contribution is 0.0928. The number of amides is 1. The van der Waals surface area contributed by atoms with Crippen LogP contribution in [0, 0.1) is 6.92 Å². The number of nitrogens with one attached hydrogen (secondary N) is 1. The molecule has 0 radical (unpaired) electrons. The van der Waals surface area contributed by atoms with Crippen molar-refractivity contribution in [3.8, 4) is 0 Å². The average molecular weight is 286 g/mol. The molecule has 0 aliphatic carbocycles. The summed E-state index contributed by atoms with van der Waals surface area (Å²) in [5.74, 6) is 0.223. The fraction of sp³-hybridized carbons (Fsp3) is 0.200. The van der Waals surface area contributed by atoms with E-state index in [1.54, 1.807) is 17.5 Å². The van der Waals surface area contributed by atoms with E-state index in [-0.39, 0.29) is 5.91 Å². The van der Waals surface area contributed by atoms with Crippen LogP contribution >= 0.6 is 11.3 Å². The van der Waals surface area contributed by atoms with Gasteiger partial charge in [-0.1, -0.05) is 18.2 Å². The predicted molar refractivity (Wildman–Crippen MR) is 79.1 cm³/mol. The molecule has 2 aromatic heterocycles. The Bertz CT molecular complexity index is 732. The monoisotopic (exact) mass is 286 g/mol. The molecule has 3 aromatic rings. The summed E-state index contributed by atoms with van der Waals surface area (Å²) in [6, 6.07) is 7.67. The van der Waals surface area contributed by atoms with Crippen molar-refractivity contribution in [1.29, 1.82) is 0 Å². The summed E-state index contributed by atoms with van der Waals surface area (Å²) in [5.41, 5.74) is 1.63. The molecule has 1 aromatic carbocycles. The summed E-state index contributed by atoms with van der Waals surface area (Å²) in [6.07, 6.45) is 2.51. The Morgan fingerprint density at radius 1 is 1.40 bits per heavy atom. The highest BCUT2D eigenvalue weighted by atomic mass is 32.1. The first-order valence-electron chi connectivity index (χ1n) is 6.40. The third-order valence-electron chi connectivity index (χ3n) is 3.16. The zero-order valence-electron chi connectivity index (χ0n) is 11.1. The van der Waals surface area contributed by atoms with Crippen LogP contribution in [0.4, 0.5) is 0 Å². The van der Waals surface area contributed by atoms with E-state index < -0.39 is 0 Å². The van der Waals surface area contributed by atoms with Gasteiger partial charge in [-0.2, -0.15) is 0 Å². The molecule has 0 atom stereocenters. The molecule has 0 saturated heterocycles. The van der Waals surface area contributed by atoms with E-state index in [1.165, 1.54) is 0 Å². The molecule has 0 fully saturated rings. The molecule has 2 heterocycles. The number of nitrogens with zero attached hydrogens (tertiary/aromatic N) is 1. The number of rotatable bonds is 4. The van der Waals surface area contributed by atoms with Gasteiger partial charge in [0.25, 0.3) is 5.91 Å². The maximum Gasteiger partial charge on any atom is 0.287 e. The second kappa shape index (κ2) is 5.46. The van der Waals surface area contributed by atoms with E-state index in [1.807, 2.05) is 36.6 Å². The van der Waals surface area contributed by atoms with Crippen molar-refractivity contribution < 1.29 is 9.21 Å². The number of hydrogen-bond acceptors (Lipinski definition) is 4. The Kier molecular flexibility index (Phi) is 3.52. The first-order valence-corrected chi connectivity index (χ1v) is 7.28. The normalized spacial score (nSPS) is 10.8. The van der Waals surface area contributed by atoms with E-state index in [4.69, 9.17) is 4.42 Å². The number of fused-ring (bicyclic) bond motifs is 1. The lowest BCUT2D eigenvalue weighted by Gasteiger charge is -2.02. The summed E-state index contributed by atoms with van der Waals surface area (Å²) in [7, 11) is 0. The van der Waals surface area contributed by atoms with E-state index >= 15 is 0 Å². The van der Waals surface area contributed by atoms with Crippen molar-refractivity contribution in [2.24, 2.45) is 0 Å². The number of thiazole rings is 1. The van der Waals surface area contributed by atoms with Crippen LogP contribution in [0.15, 0.2) is 40.3 Å². The van der Waals surface area contributed by atoms with Crippen LogP contribution in [-0.4, -0.2) is 17.4 Å². The molecule has 0 aliphatic heterocycles. The topological polar surface area (TPSA) is 55.1 Å². The van der Waals surface area contributed by atoms with Crippen molar-refractivity contribution in [3.05, 3.63) is 52.2 Å². The van der Waals surface area contributed by atoms with Crippen molar-refractivity contribution in [2.75, 3.05) is 6.54 Å². The van der Waals surface area contributed by atoms with Crippen LogP contribution in [0.3, 0.4) is 0 Å². The summed E-state index contributed by atoms with van der Waals surface area (Å²) in [6.45, 7) is 2.46. The van der Waals surface area contributed by atoms with Gasteiger partial charge in [0, 0.05) is 35.5 Å². The molecule has 0 spiro atoms. The Balaban J connectivity index is 1.71. The number of benzene rings is 1. The minimum atomic E-state index is -0.171. The Morgan fingerprint density at radius 2 is 2.25 bits per heavy atom. The minimum absolute atomic E-state index is 0.171. The van der Waals surface area contributed by atoms with E-state index in [2.05, 4.69) is 10.3 Å². The Morgan fingerprint density at radius 3 is 3.00 bits per heavy atom. The highest BCUT2D eigenvalue weighted by Gasteiger charge is 2.16. The van der Waals surface area contributed by atoms with Gasteiger partial charge in [-0.3, -0.25) is 4.79 Å². The molecule has 0 aliphatic rings. The van der Waals surface area contributed by atoms with Gasteiger partial charge in [0.2, 0.25) is 0 Å². The minimum Gasteiger partial charge on any atom is -0.451 e. The number of para-hydroxylation sites is 1. The molecule has 0 unspecified atom stereocenters. The van der Waals surface area contributed by atoms with Gasteiger partial charge in [-0.05, 0) is 13.0 Å². The van der Waals surface area contributed by atoms with Gasteiger partial charge in [-0.15, -0.1) is 11.3 Å². The van der Waals surface area contributed by atoms with Crippen LogP contribution in [0.25, 0.3) is 11.0 Å². The molecule has 0 saturated carbocycles. The molecular weight excluding hydrogens is 272 g/mol. The number of aromatic nitrogens is 1. The van der Waals surface area contributed by atoms with Crippen molar-refractivity contribution in [2.45, 2.75) is 13.3 Å². The zero-order valence-corrected chi connectivity index (χ0v) is 11.9. The predicted octanol–water partition coefficient (Wildman–Crippen LogP) is 3.17. The summed E-state index contributed by atoms with van der Waals surface area (Å²) >= 11 is 1.59. The number of hydrogen-bond donors (Lipinski definition) is 1. The van der Waals surface area contributed by atoms with Gasteiger partial charge in [-0.25, -0.2) is 4.98 Å². The standard InChI is InChI=1S/C15H14N2O2S/c1-10-11-4-2-3-5-12(11)19-14(10)15(18)17-7-6-13-16-8-9-20-13/h2-5,8-9H,6-7H2,1H3,(H,17,18). The average Bonchev–Trinajstić information content (AvgIpc) is 3.08. The quantitative estimate of drug-likeness (QED) is 0.801. The van der Waals surface area contributed by atoms with E-state index in [9.17, 15) is 4.79 Å². The van der Waals surface area contributed by atoms with Crippen molar-refractivity contribution in [1.82, 2.24) is 10.3 Å². The molecule has 3 rings (SSSR count). The molecule has 102 valence electrons. The lowest BCUT2D eigenvalue weighted by atomic mass is 10.1. The number of aryl methyl sites for hydroxylation is 1. The Hall–Kier alpha value is -2.14. The molecule has 20 heavy (non-hydrogen) atoms. The maximum atomic E-state index is 12.1. The SMILES string of the molecule is Cc1c(C(=O)NCCc2nccs2)oc2ccccc12. The third-order valence-corrected chi connectivity index (χ3v) is 4.00. The zero-order chi connectivity index (χ0) is 13.9. The number of carbonyl (C=O) groups excluding carboxylic acids is 1. The van der Waals surface area contributed by atoms with Crippen LogP contribution in [-0.2, 0) is 6.42 Å². The largest absolute Gasteiger partial charge is 0.451 e. The second-order valence-corrected chi connectivity index (χ2v) is 5.46. The van der Waals surface area contributed by atoms with Crippen molar-refractivity contribution >= 4 is 28.2 Å². The summed E-state index contributed by atoms with van der Waals surface area (Å²) in [5, 5.41) is 6.81. The fourth-order valence-electron chi connectivity index (χ4n) is 2.13. The highest BCUT2D eigenvalue weighted by molar-refractivity contribution is 7.09. The first-order chi connectivity index (χ1) is 9.75. The van der Waals surface area contributed by atoms with Crippen LogP contribution < -0.4 is 5.32 Å². The molecular formula is C15H14N2O2S. The smallest absolute Gasteiger partial charge is 0.287 e. The Labute approximate surface area is 120 Å². The third kappa shape index (κ3) is 2.44. The van der Waals surface area contributed by atoms with Gasteiger partial charge in [0.1, 0.15) is 5.58 Å². The van der Waals surface area contributed by atoms with Gasteiger partial charge < -0.3 is 9.73 Å². The summed E-state index contributed by atoms with van der Waals surface area (Å²) < 4.78 is 5.62. The van der Waals surface area contributed by atoms with E-state index in [0.717, 1.165) is 28.0 Å². The summed E-state index contributed by atoms with van der Waals surface area (Å²) in [4.78, 5) is 16.3. The van der Waals surface area contributed by atoms with Crippen LogP contribution in [0.1, 0.15) is 21.1 Å². The van der Waals surface area contributed by atoms with E-state index in [0.29, 0.717) is 12.3 Å². The molecule has 1 N–H and O–H groups in total. The maximum absolute atomic E-state index is 12.1. The fourth-order valence-corrected chi connectivity index (χ4v) is 2.75. The number of furan rings is 1. The molecule has 5 heteroatoms. The van der Waals surface area contributed by atoms with Gasteiger partial charge >= 0.3 is 0 Å².